The van der Waals surface area contributed by atoms with Crippen LogP contribution < -0.4 is 4.74 Å². The Morgan fingerprint density at radius 1 is 1.24 bits per heavy atom. The minimum Gasteiger partial charge on any atom is -0.487 e. The fourth-order valence-electron chi connectivity index (χ4n) is 2.30. The molecule has 2 rings (SSSR count). The Hall–Kier alpha value is -1.000. The maximum Gasteiger partial charge on any atom is 0.131 e. The number of rotatable bonds is 5. The average Bonchev–Trinajstić information content (AvgIpc) is 2.78. The zero-order valence-corrected chi connectivity index (χ0v) is 15.2. The average molecular weight is 372 g/mol. The molecule has 0 bridgehead atoms. The van der Waals surface area contributed by atoms with Crippen LogP contribution >= 0.6 is 27.5 Å². The van der Waals surface area contributed by atoms with Gasteiger partial charge < -0.3 is 4.74 Å². The van der Waals surface area contributed by atoms with Crippen molar-refractivity contribution in [3.63, 3.8) is 0 Å². The molecule has 0 fully saturated rings. The van der Waals surface area contributed by atoms with Crippen LogP contribution in [0.15, 0.2) is 16.6 Å². The predicted molar refractivity (Wildman–Crippen MR) is 90.2 cm³/mol. The summed E-state index contributed by atoms with van der Waals surface area (Å²) < 4.78 is 8.98. The smallest absolute Gasteiger partial charge is 0.131 e. The van der Waals surface area contributed by atoms with Gasteiger partial charge in [0.2, 0.25) is 0 Å². The first-order valence-electron chi connectivity index (χ1n) is 7.11. The van der Waals surface area contributed by atoms with Crippen LogP contribution in [-0.4, -0.2) is 9.78 Å². The van der Waals surface area contributed by atoms with Crippen molar-refractivity contribution in [1.82, 2.24) is 9.78 Å². The molecule has 1 heterocycles. The lowest BCUT2D eigenvalue weighted by Crippen LogP contribution is -2.07. The van der Waals surface area contributed by atoms with Crippen LogP contribution in [0.4, 0.5) is 0 Å². The molecular weight excluding hydrogens is 352 g/mol. The Bertz CT molecular complexity index is 629. The van der Waals surface area contributed by atoms with Gasteiger partial charge in [-0.05, 0) is 66.4 Å². The lowest BCUT2D eigenvalue weighted by Gasteiger charge is -2.11. The Balaban J connectivity index is 2.22. The van der Waals surface area contributed by atoms with Gasteiger partial charge in [-0.3, -0.25) is 4.68 Å². The minimum absolute atomic E-state index is 0.488. The molecule has 0 saturated carbocycles. The van der Waals surface area contributed by atoms with Crippen LogP contribution in [0.5, 0.6) is 5.75 Å². The lowest BCUT2D eigenvalue weighted by molar-refractivity contribution is 0.291. The van der Waals surface area contributed by atoms with E-state index in [1.54, 1.807) is 0 Å². The van der Waals surface area contributed by atoms with Crippen LogP contribution in [-0.2, 0) is 19.6 Å². The zero-order valence-electron chi connectivity index (χ0n) is 12.8. The summed E-state index contributed by atoms with van der Waals surface area (Å²) in [5, 5.41) is 5.38. The molecule has 0 saturated heterocycles. The first-order valence-corrected chi connectivity index (χ1v) is 8.28. The quantitative estimate of drug-likeness (QED) is 0.733. The van der Waals surface area contributed by atoms with E-state index in [9.17, 15) is 0 Å². The van der Waals surface area contributed by atoms with Crippen LogP contribution in [0.2, 0.25) is 5.02 Å². The van der Waals surface area contributed by atoms with Gasteiger partial charge in [0.15, 0.2) is 0 Å². The highest BCUT2D eigenvalue weighted by Crippen LogP contribution is 2.28. The molecule has 0 unspecified atom stereocenters. The molecule has 0 N–H and O–H groups in total. The summed E-state index contributed by atoms with van der Waals surface area (Å²) in [5.74, 6) is 0.836. The molecule has 21 heavy (non-hydrogen) atoms. The third-order valence-electron chi connectivity index (χ3n) is 3.48. The second-order valence-corrected chi connectivity index (χ2v) is 6.21. The van der Waals surface area contributed by atoms with Crippen molar-refractivity contribution in [2.45, 2.75) is 47.3 Å². The molecule has 2 aromatic rings. The van der Waals surface area contributed by atoms with E-state index in [4.69, 9.17) is 16.3 Å². The van der Waals surface area contributed by atoms with E-state index < -0.39 is 0 Å². The van der Waals surface area contributed by atoms with Crippen LogP contribution in [0.3, 0.4) is 0 Å². The maximum atomic E-state index is 6.18. The molecule has 0 aliphatic heterocycles. The summed E-state index contributed by atoms with van der Waals surface area (Å²) in [7, 11) is 0. The van der Waals surface area contributed by atoms with E-state index in [2.05, 4.69) is 34.9 Å². The summed E-state index contributed by atoms with van der Waals surface area (Å²) in [6.45, 7) is 9.48. The second-order valence-electron chi connectivity index (χ2n) is 5.04. The molecule has 0 amide bonds. The van der Waals surface area contributed by atoms with Crippen molar-refractivity contribution >= 4 is 27.5 Å². The van der Waals surface area contributed by atoms with Gasteiger partial charge in [0.25, 0.3) is 0 Å². The van der Waals surface area contributed by atoms with Crippen LogP contribution in [0.25, 0.3) is 0 Å². The van der Waals surface area contributed by atoms with Gasteiger partial charge in [-0.15, -0.1) is 0 Å². The highest BCUT2D eigenvalue weighted by atomic mass is 79.9. The van der Waals surface area contributed by atoms with Crippen molar-refractivity contribution < 1.29 is 4.74 Å². The molecule has 5 heteroatoms. The third kappa shape index (κ3) is 3.43. The van der Waals surface area contributed by atoms with Gasteiger partial charge in [-0.2, -0.15) is 5.10 Å². The number of benzene rings is 1. The molecule has 1 aromatic carbocycles. The molecule has 0 radical (unpaired) electrons. The van der Waals surface area contributed by atoms with Crippen molar-refractivity contribution in [2.24, 2.45) is 0 Å². The molecule has 0 atom stereocenters. The number of hydrogen-bond acceptors (Lipinski definition) is 2. The van der Waals surface area contributed by atoms with Gasteiger partial charge >= 0.3 is 0 Å². The predicted octanol–water partition coefficient (Wildman–Crippen LogP) is 5.08. The first-order chi connectivity index (χ1) is 9.97. The van der Waals surface area contributed by atoms with Gasteiger partial charge in [0.05, 0.1) is 15.9 Å². The molecule has 1 aromatic heterocycles. The standard InChI is InChI=1S/C16H20BrClN2O/c1-5-13-15(17)14(20(6-2)19-13)9-21-12-7-10(3)16(18)11(4)8-12/h7-8H,5-6,9H2,1-4H3. The minimum atomic E-state index is 0.488. The highest BCUT2D eigenvalue weighted by Gasteiger charge is 2.14. The lowest BCUT2D eigenvalue weighted by atomic mass is 10.1. The molecule has 114 valence electrons. The Morgan fingerprint density at radius 3 is 2.38 bits per heavy atom. The van der Waals surface area contributed by atoms with Crippen LogP contribution in [0, 0.1) is 13.8 Å². The number of hydrogen-bond donors (Lipinski definition) is 0. The number of aromatic nitrogens is 2. The normalized spacial score (nSPS) is 11.0. The van der Waals surface area contributed by atoms with E-state index in [1.807, 2.05) is 30.7 Å². The number of aryl methyl sites for hydroxylation is 4. The summed E-state index contributed by atoms with van der Waals surface area (Å²) in [5.41, 5.74) is 4.20. The largest absolute Gasteiger partial charge is 0.487 e. The maximum absolute atomic E-state index is 6.18. The highest BCUT2D eigenvalue weighted by molar-refractivity contribution is 9.10. The zero-order chi connectivity index (χ0) is 15.6. The topological polar surface area (TPSA) is 27.1 Å². The van der Waals surface area contributed by atoms with Crippen LogP contribution in [0.1, 0.15) is 36.4 Å². The van der Waals surface area contributed by atoms with E-state index in [-0.39, 0.29) is 0 Å². The summed E-state index contributed by atoms with van der Waals surface area (Å²) in [6, 6.07) is 3.94. The second kappa shape index (κ2) is 6.84. The Labute approximate surface area is 139 Å². The summed E-state index contributed by atoms with van der Waals surface area (Å²) in [4.78, 5) is 0. The SMILES string of the molecule is CCc1nn(CC)c(COc2cc(C)c(Cl)c(C)c2)c1Br. The molecule has 3 nitrogen and oxygen atoms in total. The van der Waals surface area contributed by atoms with E-state index in [0.717, 1.165) is 50.7 Å². The van der Waals surface area contributed by atoms with Gasteiger partial charge in [0, 0.05) is 11.6 Å². The van der Waals surface area contributed by atoms with E-state index in [0.29, 0.717) is 6.61 Å². The van der Waals surface area contributed by atoms with Crippen molar-refractivity contribution in [2.75, 3.05) is 0 Å². The molecular formula is C16H20BrClN2O. The molecule has 0 aliphatic carbocycles. The first kappa shape index (κ1) is 16.4. The Kier molecular flexibility index (Phi) is 5.33. The van der Waals surface area contributed by atoms with Gasteiger partial charge in [-0.1, -0.05) is 18.5 Å². The Morgan fingerprint density at radius 2 is 1.86 bits per heavy atom. The van der Waals surface area contributed by atoms with Gasteiger partial charge in [0.1, 0.15) is 12.4 Å². The van der Waals surface area contributed by atoms with Gasteiger partial charge in [-0.25, -0.2) is 0 Å². The fraction of sp³-hybridized carbons (Fsp3) is 0.438. The third-order valence-corrected chi connectivity index (χ3v) is 4.99. The monoisotopic (exact) mass is 370 g/mol. The number of halogens is 2. The summed E-state index contributed by atoms with van der Waals surface area (Å²) >= 11 is 9.82. The van der Waals surface area contributed by atoms with Crippen molar-refractivity contribution in [3.05, 3.63) is 44.1 Å². The van der Waals surface area contributed by atoms with Crippen molar-refractivity contribution in [1.29, 1.82) is 0 Å². The molecule has 0 spiro atoms. The number of ether oxygens (including phenoxy) is 1. The molecule has 0 aliphatic rings. The fourth-order valence-corrected chi connectivity index (χ4v) is 3.08. The summed E-state index contributed by atoms with van der Waals surface area (Å²) in [6.07, 6.45) is 0.903. The number of nitrogens with zero attached hydrogens (tertiary/aromatic N) is 2. The van der Waals surface area contributed by atoms with E-state index in [1.165, 1.54) is 0 Å². The van der Waals surface area contributed by atoms with Crippen molar-refractivity contribution in [3.8, 4) is 5.75 Å². The van der Waals surface area contributed by atoms with E-state index >= 15 is 0 Å².